The van der Waals surface area contributed by atoms with Crippen molar-refractivity contribution in [3.05, 3.63) is 35.4 Å². The predicted molar refractivity (Wildman–Crippen MR) is 101 cm³/mol. The highest BCUT2D eigenvalue weighted by molar-refractivity contribution is 6.70. The summed E-state index contributed by atoms with van der Waals surface area (Å²) in [4.78, 5) is 12.4. The van der Waals surface area contributed by atoms with E-state index in [1.165, 1.54) is 11.1 Å². The second-order valence-corrected chi connectivity index (χ2v) is 13.5. The molecular formula is C21H28O2Si. The van der Waals surface area contributed by atoms with Crippen LogP contribution in [0.25, 0.3) is 6.08 Å². The number of hydrogen-bond acceptors (Lipinski definition) is 2. The standard InChI is InChI=1S/C21H28O2Si/c1-21-12-11-17-16-8-6-15(23-24(2,3)4)13-14(16)5-7-18(17)19(21)9-10-20(21)22/h5-8,13,17-19H,9-12H2,1-4H3. The Bertz CT molecular complexity index is 715. The molecule has 4 atom stereocenters. The summed E-state index contributed by atoms with van der Waals surface area (Å²) in [6.45, 7) is 8.88. The molecular weight excluding hydrogens is 312 g/mol. The second-order valence-electron chi connectivity index (χ2n) is 9.07. The first-order chi connectivity index (χ1) is 11.3. The first-order valence-electron chi connectivity index (χ1n) is 9.32. The summed E-state index contributed by atoms with van der Waals surface area (Å²) >= 11 is 0. The van der Waals surface area contributed by atoms with Gasteiger partial charge in [-0.1, -0.05) is 25.1 Å². The van der Waals surface area contributed by atoms with Gasteiger partial charge in [-0.25, -0.2) is 0 Å². The van der Waals surface area contributed by atoms with Crippen LogP contribution in [0.3, 0.4) is 0 Å². The third-order valence-electron chi connectivity index (χ3n) is 6.42. The molecule has 3 heteroatoms. The van der Waals surface area contributed by atoms with E-state index in [1.807, 2.05) is 0 Å². The molecule has 0 aliphatic heterocycles. The maximum atomic E-state index is 12.4. The number of rotatable bonds is 2. The molecule has 0 radical (unpaired) electrons. The van der Waals surface area contributed by atoms with Crippen LogP contribution >= 0.6 is 0 Å². The van der Waals surface area contributed by atoms with Crippen LogP contribution in [-0.4, -0.2) is 14.1 Å². The first-order valence-corrected chi connectivity index (χ1v) is 12.7. The summed E-state index contributed by atoms with van der Waals surface area (Å²) in [6, 6.07) is 6.65. The van der Waals surface area contributed by atoms with Crippen molar-refractivity contribution in [2.75, 3.05) is 0 Å². The summed E-state index contributed by atoms with van der Waals surface area (Å²) in [7, 11) is -1.57. The van der Waals surface area contributed by atoms with Crippen LogP contribution in [0.1, 0.15) is 49.7 Å². The van der Waals surface area contributed by atoms with E-state index in [1.54, 1.807) is 0 Å². The van der Waals surface area contributed by atoms with Gasteiger partial charge in [-0.3, -0.25) is 4.79 Å². The number of carbonyl (C=O) groups is 1. The van der Waals surface area contributed by atoms with Crippen LogP contribution in [0.5, 0.6) is 5.75 Å². The highest BCUT2D eigenvalue weighted by Gasteiger charge is 2.53. The molecule has 0 saturated heterocycles. The lowest BCUT2D eigenvalue weighted by atomic mass is 9.57. The minimum Gasteiger partial charge on any atom is -0.544 e. The number of allylic oxidation sites excluding steroid dienone is 1. The SMILES string of the molecule is CC12CCC3c4ccc(O[Si](C)(C)C)cc4C=CC3C1CCC2=O. The lowest BCUT2D eigenvalue weighted by Gasteiger charge is -2.46. The first kappa shape index (κ1) is 16.1. The summed E-state index contributed by atoms with van der Waals surface area (Å²) in [6.07, 6.45) is 8.72. The van der Waals surface area contributed by atoms with Gasteiger partial charge < -0.3 is 4.43 Å². The smallest absolute Gasteiger partial charge is 0.242 e. The number of ketones is 1. The van der Waals surface area contributed by atoms with E-state index in [9.17, 15) is 4.79 Å². The molecule has 2 fully saturated rings. The Labute approximate surface area is 146 Å². The summed E-state index contributed by atoms with van der Waals surface area (Å²) in [5.41, 5.74) is 2.72. The number of carbonyl (C=O) groups excluding carboxylic acids is 1. The van der Waals surface area contributed by atoms with Gasteiger partial charge in [0.15, 0.2) is 0 Å². The topological polar surface area (TPSA) is 26.3 Å². The Kier molecular flexibility index (Phi) is 3.58. The zero-order valence-corrected chi connectivity index (χ0v) is 16.3. The van der Waals surface area contributed by atoms with E-state index in [-0.39, 0.29) is 5.41 Å². The molecule has 1 aromatic carbocycles. The van der Waals surface area contributed by atoms with Crippen LogP contribution in [0.4, 0.5) is 0 Å². The fraction of sp³-hybridized carbons (Fsp3) is 0.571. The predicted octanol–water partition coefficient (Wildman–Crippen LogP) is 5.41. The Morgan fingerprint density at radius 3 is 2.75 bits per heavy atom. The number of Topliss-reactive ketones (excluding diaryl/α,β-unsaturated/α-hetero) is 1. The molecule has 0 spiro atoms. The van der Waals surface area contributed by atoms with E-state index < -0.39 is 8.32 Å². The number of fused-ring (bicyclic) bond motifs is 5. The van der Waals surface area contributed by atoms with Gasteiger partial charge in [0.25, 0.3) is 0 Å². The monoisotopic (exact) mass is 340 g/mol. The summed E-state index contributed by atoms with van der Waals surface area (Å²) < 4.78 is 6.16. The van der Waals surface area contributed by atoms with Crippen LogP contribution in [0.15, 0.2) is 24.3 Å². The van der Waals surface area contributed by atoms with E-state index in [0.29, 0.717) is 23.5 Å². The van der Waals surface area contributed by atoms with Crippen molar-refractivity contribution in [1.29, 1.82) is 0 Å². The van der Waals surface area contributed by atoms with E-state index in [4.69, 9.17) is 4.43 Å². The van der Waals surface area contributed by atoms with E-state index >= 15 is 0 Å². The molecule has 0 N–H and O–H groups in total. The molecule has 4 unspecified atom stereocenters. The van der Waals surface area contributed by atoms with Gasteiger partial charge in [-0.15, -0.1) is 0 Å². The fourth-order valence-corrected chi connectivity index (χ4v) is 6.10. The van der Waals surface area contributed by atoms with Gasteiger partial charge in [0.2, 0.25) is 8.32 Å². The van der Waals surface area contributed by atoms with Gasteiger partial charge in [0.1, 0.15) is 11.5 Å². The normalized spacial score (nSPS) is 34.5. The van der Waals surface area contributed by atoms with E-state index in [2.05, 4.69) is 56.9 Å². The van der Waals surface area contributed by atoms with E-state index in [0.717, 1.165) is 31.4 Å². The van der Waals surface area contributed by atoms with Crippen molar-refractivity contribution in [1.82, 2.24) is 0 Å². The average Bonchev–Trinajstić information content (AvgIpc) is 2.81. The fourth-order valence-electron chi connectivity index (χ4n) is 5.27. The Morgan fingerprint density at radius 1 is 1.21 bits per heavy atom. The third kappa shape index (κ3) is 2.48. The zero-order valence-electron chi connectivity index (χ0n) is 15.3. The molecule has 24 heavy (non-hydrogen) atoms. The number of hydrogen-bond donors (Lipinski definition) is 0. The number of benzene rings is 1. The van der Waals surface area contributed by atoms with Gasteiger partial charge in [-0.05, 0) is 79.9 Å². The molecule has 3 aliphatic carbocycles. The van der Waals surface area contributed by atoms with Gasteiger partial charge in [0, 0.05) is 11.8 Å². The third-order valence-corrected chi connectivity index (χ3v) is 7.27. The Morgan fingerprint density at radius 2 is 2.00 bits per heavy atom. The van der Waals surface area contributed by atoms with Crippen LogP contribution in [0, 0.1) is 17.3 Å². The molecule has 0 amide bonds. The lowest BCUT2D eigenvalue weighted by Crippen LogP contribution is -2.40. The highest BCUT2D eigenvalue weighted by Crippen LogP contribution is 2.58. The largest absolute Gasteiger partial charge is 0.544 e. The highest BCUT2D eigenvalue weighted by atomic mass is 28.4. The minimum atomic E-state index is -1.57. The van der Waals surface area contributed by atoms with Gasteiger partial charge in [0.05, 0.1) is 0 Å². The molecule has 0 bridgehead atoms. The second kappa shape index (κ2) is 5.32. The van der Waals surface area contributed by atoms with Crippen LogP contribution < -0.4 is 4.43 Å². The molecule has 2 nitrogen and oxygen atoms in total. The molecule has 0 aromatic heterocycles. The summed E-state index contributed by atoms with van der Waals surface area (Å²) in [5.74, 6) is 3.16. The lowest BCUT2D eigenvalue weighted by molar-refractivity contribution is -0.128. The van der Waals surface area contributed by atoms with Crippen molar-refractivity contribution in [3.63, 3.8) is 0 Å². The quantitative estimate of drug-likeness (QED) is 0.673. The van der Waals surface area contributed by atoms with Crippen LogP contribution in [-0.2, 0) is 4.79 Å². The zero-order chi connectivity index (χ0) is 17.1. The van der Waals surface area contributed by atoms with Gasteiger partial charge in [-0.2, -0.15) is 0 Å². The average molecular weight is 341 g/mol. The van der Waals surface area contributed by atoms with Crippen molar-refractivity contribution >= 4 is 20.2 Å². The molecule has 4 rings (SSSR count). The van der Waals surface area contributed by atoms with Crippen molar-refractivity contribution < 1.29 is 9.22 Å². The van der Waals surface area contributed by atoms with Crippen molar-refractivity contribution in [3.8, 4) is 5.75 Å². The molecule has 1 aromatic rings. The van der Waals surface area contributed by atoms with Crippen molar-refractivity contribution in [2.45, 2.75) is 58.2 Å². The van der Waals surface area contributed by atoms with Crippen molar-refractivity contribution in [2.24, 2.45) is 17.3 Å². The Balaban J connectivity index is 1.66. The van der Waals surface area contributed by atoms with Crippen LogP contribution in [0.2, 0.25) is 19.6 Å². The van der Waals surface area contributed by atoms with Gasteiger partial charge >= 0.3 is 0 Å². The minimum absolute atomic E-state index is 0.0656. The molecule has 0 heterocycles. The molecule has 128 valence electrons. The maximum Gasteiger partial charge on any atom is 0.242 e. The molecule has 2 saturated carbocycles. The summed E-state index contributed by atoms with van der Waals surface area (Å²) in [5, 5.41) is 0. The Hall–Kier alpha value is -1.35. The maximum absolute atomic E-state index is 12.4. The molecule has 3 aliphatic rings.